The van der Waals surface area contributed by atoms with Crippen LogP contribution in [0.25, 0.3) is 22.4 Å². The van der Waals surface area contributed by atoms with E-state index in [0.717, 1.165) is 5.75 Å². The van der Waals surface area contributed by atoms with Gasteiger partial charge < -0.3 is 4.74 Å². The lowest BCUT2D eigenvalue weighted by Gasteiger charge is -2.43. The van der Waals surface area contributed by atoms with Crippen molar-refractivity contribution in [3.8, 4) is 28.1 Å². The van der Waals surface area contributed by atoms with Crippen LogP contribution >= 0.6 is 0 Å². The molecule has 1 aliphatic carbocycles. The monoisotopic (exact) mass is 398 g/mol. The molecule has 2 aliphatic rings. The van der Waals surface area contributed by atoms with Crippen molar-refractivity contribution < 1.29 is 9.30 Å². The first-order valence-electron chi connectivity index (χ1n) is 11.3. The molecule has 0 amide bonds. The summed E-state index contributed by atoms with van der Waals surface area (Å²) in [5.41, 5.74) is 7.69. The molecule has 0 atom stereocenters. The highest BCUT2D eigenvalue weighted by atomic mass is 16.5. The molecule has 0 N–H and O–H groups in total. The summed E-state index contributed by atoms with van der Waals surface area (Å²) in [5, 5.41) is 0. The number of hydrogen-bond acceptors (Lipinski definition) is 1. The Bertz CT molecular complexity index is 1110. The minimum absolute atomic E-state index is 0.0254. The van der Waals surface area contributed by atoms with Gasteiger partial charge in [-0.2, -0.15) is 0 Å². The van der Waals surface area contributed by atoms with Crippen LogP contribution in [0.4, 0.5) is 0 Å². The number of ether oxygens (including phenoxy) is 1. The Labute approximate surface area is 180 Å². The Morgan fingerprint density at radius 2 is 1.60 bits per heavy atom. The van der Waals surface area contributed by atoms with Crippen molar-refractivity contribution in [1.82, 2.24) is 0 Å². The van der Waals surface area contributed by atoms with Crippen molar-refractivity contribution in [2.24, 2.45) is 7.05 Å². The number of aromatic nitrogens is 1. The van der Waals surface area contributed by atoms with Crippen molar-refractivity contribution in [2.45, 2.75) is 63.9 Å². The number of hydrogen-bond donors (Lipinski definition) is 0. The molecule has 2 nitrogen and oxygen atoms in total. The van der Waals surface area contributed by atoms with Gasteiger partial charge in [0.1, 0.15) is 18.4 Å². The summed E-state index contributed by atoms with van der Waals surface area (Å²) in [4.78, 5) is 0. The van der Waals surface area contributed by atoms with Gasteiger partial charge in [-0.15, -0.1) is 0 Å². The predicted molar refractivity (Wildman–Crippen MR) is 123 cm³/mol. The SMILES string of the molecule is Cc1ccc(-c2ccc3c(c2)OC2(CCCCC2)C3(C)C)cc1-c1cccc[n+]1C. The van der Waals surface area contributed by atoms with Gasteiger partial charge in [0.2, 0.25) is 5.69 Å². The lowest BCUT2D eigenvalue weighted by atomic mass is 9.65. The van der Waals surface area contributed by atoms with Gasteiger partial charge in [0.25, 0.3) is 0 Å². The Hall–Kier alpha value is -2.61. The fraction of sp³-hybridized carbons (Fsp3) is 0.393. The first-order valence-corrected chi connectivity index (χ1v) is 11.3. The van der Waals surface area contributed by atoms with Gasteiger partial charge in [0, 0.05) is 28.7 Å². The highest BCUT2D eigenvalue weighted by Gasteiger charge is 2.54. The highest BCUT2D eigenvalue weighted by molar-refractivity contribution is 5.74. The number of fused-ring (bicyclic) bond motifs is 1. The molecule has 1 spiro atoms. The Kier molecular flexibility index (Phi) is 4.50. The second kappa shape index (κ2) is 6.97. The average Bonchev–Trinajstić information content (AvgIpc) is 2.95. The highest BCUT2D eigenvalue weighted by Crippen LogP contribution is 2.55. The summed E-state index contributed by atoms with van der Waals surface area (Å²) in [5.74, 6) is 1.09. The van der Waals surface area contributed by atoms with Gasteiger partial charge in [0.15, 0.2) is 6.20 Å². The lowest BCUT2D eigenvalue weighted by molar-refractivity contribution is -0.660. The molecule has 0 radical (unpaired) electrons. The normalized spacial score (nSPS) is 18.8. The minimum Gasteiger partial charge on any atom is -0.486 e. The Balaban J connectivity index is 1.56. The van der Waals surface area contributed by atoms with Gasteiger partial charge in [-0.1, -0.05) is 44.5 Å². The van der Waals surface area contributed by atoms with Crippen LogP contribution in [0.2, 0.25) is 0 Å². The quantitative estimate of drug-likeness (QED) is 0.448. The fourth-order valence-electron chi connectivity index (χ4n) is 5.62. The van der Waals surface area contributed by atoms with Crippen LogP contribution in [-0.2, 0) is 12.5 Å². The van der Waals surface area contributed by atoms with Crippen molar-refractivity contribution in [2.75, 3.05) is 0 Å². The molecule has 5 rings (SSSR count). The van der Waals surface area contributed by atoms with Crippen LogP contribution in [0.5, 0.6) is 5.75 Å². The van der Waals surface area contributed by atoms with E-state index in [2.05, 4.69) is 93.2 Å². The fourth-order valence-corrected chi connectivity index (χ4v) is 5.62. The van der Waals surface area contributed by atoms with E-state index in [0.29, 0.717) is 0 Å². The van der Waals surface area contributed by atoms with Crippen molar-refractivity contribution in [3.63, 3.8) is 0 Å². The number of benzene rings is 2. The van der Waals surface area contributed by atoms with Gasteiger partial charge in [-0.3, -0.25) is 0 Å². The minimum atomic E-state index is -0.0254. The maximum Gasteiger partial charge on any atom is 0.212 e. The van der Waals surface area contributed by atoms with Crippen LogP contribution in [0, 0.1) is 6.92 Å². The zero-order chi connectivity index (χ0) is 20.9. The van der Waals surface area contributed by atoms with E-state index in [4.69, 9.17) is 4.74 Å². The molecule has 3 aromatic rings. The van der Waals surface area contributed by atoms with Gasteiger partial charge in [-0.25, -0.2) is 4.57 Å². The van der Waals surface area contributed by atoms with Crippen molar-refractivity contribution in [1.29, 1.82) is 0 Å². The lowest BCUT2D eigenvalue weighted by Crippen LogP contribution is -2.49. The van der Waals surface area contributed by atoms with E-state index in [1.807, 2.05) is 0 Å². The summed E-state index contributed by atoms with van der Waals surface area (Å²) in [7, 11) is 2.11. The molecule has 1 saturated carbocycles. The first kappa shape index (κ1) is 19.4. The predicted octanol–water partition coefficient (Wildman–Crippen LogP) is 6.53. The second-order valence-corrected chi connectivity index (χ2v) is 9.72. The van der Waals surface area contributed by atoms with E-state index in [1.165, 1.54) is 65.6 Å². The summed E-state index contributed by atoms with van der Waals surface area (Å²) in [6.45, 7) is 6.94. The van der Waals surface area contributed by atoms with Crippen molar-refractivity contribution >= 4 is 0 Å². The smallest absolute Gasteiger partial charge is 0.212 e. The van der Waals surface area contributed by atoms with Gasteiger partial charge in [-0.05, 0) is 67.5 Å². The topological polar surface area (TPSA) is 13.1 Å². The van der Waals surface area contributed by atoms with Crippen LogP contribution in [-0.4, -0.2) is 5.60 Å². The molecular formula is C28H32NO+. The van der Waals surface area contributed by atoms with Crippen molar-refractivity contribution in [3.05, 3.63) is 71.9 Å². The zero-order valence-corrected chi connectivity index (χ0v) is 18.7. The van der Waals surface area contributed by atoms with Crippen LogP contribution in [0.1, 0.15) is 57.1 Å². The molecule has 1 aliphatic heterocycles. The zero-order valence-electron chi connectivity index (χ0n) is 18.7. The summed E-state index contributed by atoms with van der Waals surface area (Å²) >= 11 is 0. The summed E-state index contributed by atoms with van der Waals surface area (Å²) in [6.07, 6.45) is 8.34. The maximum absolute atomic E-state index is 6.77. The van der Waals surface area contributed by atoms with Gasteiger partial charge in [0.05, 0.1) is 0 Å². The van der Waals surface area contributed by atoms with E-state index in [1.54, 1.807) is 0 Å². The van der Waals surface area contributed by atoms with Crippen LogP contribution < -0.4 is 9.30 Å². The van der Waals surface area contributed by atoms with Crippen LogP contribution in [0.3, 0.4) is 0 Å². The van der Waals surface area contributed by atoms with Gasteiger partial charge >= 0.3 is 0 Å². The van der Waals surface area contributed by atoms with Crippen LogP contribution in [0.15, 0.2) is 60.8 Å². The molecule has 0 unspecified atom stereocenters. The molecule has 154 valence electrons. The van der Waals surface area contributed by atoms with E-state index in [-0.39, 0.29) is 11.0 Å². The third-order valence-corrected chi connectivity index (χ3v) is 7.66. The summed E-state index contributed by atoms with van der Waals surface area (Å²) in [6, 6.07) is 20.0. The molecule has 1 fully saturated rings. The standard InChI is InChI=1S/C28H32NO/c1-20-11-12-21(18-23(20)25-10-6-9-17-29(25)4)22-13-14-24-26(19-22)30-28(27(24,2)3)15-7-5-8-16-28/h6,9-14,17-19H,5,7-8,15-16H2,1-4H3/q+1. The molecule has 0 saturated heterocycles. The first-order chi connectivity index (χ1) is 14.4. The molecule has 2 heterocycles. The third-order valence-electron chi connectivity index (χ3n) is 7.66. The maximum atomic E-state index is 6.77. The largest absolute Gasteiger partial charge is 0.486 e. The molecule has 2 heteroatoms. The average molecular weight is 399 g/mol. The number of aryl methyl sites for hydroxylation is 2. The summed E-state index contributed by atoms with van der Waals surface area (Å²) < 4.78 is 8.95. The van der Waals surface area contributed by atoms with E-state index >= 15 is 0 Å². The number of rotatable bonds is 2. The van der Waals surface area contributed by atoms with E-state index in [9.17, 15) is 0 Å². The van der Waals surface area contributed by atoms with E-state index < -0.39 is 0 Å². The Morgan fingerprint density at radius 1 is 0.867 bits per heavy atom. The molecular weight excluding hydrogens is 366 g/mol. The Morgan fingerprint density at radius 3 is 2.37 bits per heavy atom. The number of pyridine rings is 1. The molecule has 1 aromatic heterocycles. The molecule has 30 heavy (non-hydrogen) atoms. The third kappa shape index (κ3) is 2.88. The molecule has 0 bridgehead atoms. The number of nitrogens with zero attached hydrogens (tertiary/aromatic N) is 1. The molecule has 2 aromatic carbocycles. The second-order valence-electron chi connectivity index (χ2n) is 9.72.